The van der Waals surface area contributed by atoms with E-state index in [1.54, 1.807) is 0 Å². The molecule has 0 atom stereocenters. The number of anilines is 1. The van der Waals surface area contributed by atoms with Crippen molar-refractivity contribution in [2.75, 3.05) is 12.8 Å². The van der Waals surface area contributed by atoms with Crippen molar-refractivity contribution >= 4 is 46.2 Å². The molecule has 0 saturated heterocycles. The van der Waals surface area contributed by atoms with E-state index in [1.807, 2.05) is 52.9 Å². The zero-order valence-electron chi connectivity index (χ0n) is 16.7. The highest BCUT2D eigenvalue weighted by molar-refractivity contribution is 14.1. The summed E-state index contributed by atoms with van der Waals surface area (Å²) in [5, 5.41) is 2.13. The van der Waals surface area contributed by atoms with Gasteiger partial charge in [0.2, 0.25) is 0 Å². The number of imide groups is 1. The Balaban J connectivity index is 1.91. The molecule has 1 aliphatic rings. The largest absolute Gasteiger partial charge is 0.487 e. The van der Waals surface area contributed by atoms with Crippen molar-refractivity contribution in [3.05, 3.63) is 84.7 Å². The summed E-state index contributed by atoms with van der Waals surface area (Å²) in [6.07, 6.45) is 0. The van der Waals surface area contributed by atoms with Gasteiger partial charge in [-0.3, -0.25) is 24.3 Å². The number of nitrogens with zero attached hydrogens (tertiary/aromatic N) is 1. The third-order valence-electron chi connectivity index (χ3n) is 4.86. The number of nitrogens with two attached hydrogens (primary N) is 1. The number of amides is 2. The molecular formula is C22H16IN3O6. The van der Waals surface area contributed by atoms with Crippen LogP contribution < -0.4 is 21.3 Å². The Hall–Kier alpha value is -3.67. The number of hydrogen-bond acceptors (Lipinski definition) is 7. The van der Waals surface area contributed by atoms with E-state index in [4.69, 9.17) is 15.2 Å². The Kier molecular flexibility index (Phi) is 5.70. The van der Waals surface area contributed by atoms with Gasteiger partial charge in [0.25, 0.3) is 17.4 Å². The zero-order valence-corrected chi connectivity index (χ0v) is 18.8. The first-order valence-electron chi connectivity index (χ1n) is 9.32. The van der Waals surface area contributed by atoms with Crippen LogP contribution in [0, 0.1) is 3.57 Å². The van der Waals surface area contributed by atoms with E-state index in [0.717, 1.165) is 16.2 Å². The van der Waals surface area contributed by atoms with Gasteiger partial charge in [-0.05, 0) is 40.3 Å². The maximum absolute atomic E-state index is 12.9. The number of halogens is 1. The lowest BCUT2D eigenvalue weighted by Gasteiger charge is -2.19. The molecule has 162 valence electrons. The molecule has 0 fully saturated rings. The maximum Gasteiger partial charge on any atom is 0.338 e. The van der Waals surface area contributed by atoms with Crippen LogP contribution in [0.4, 0.5) is 5.82 Å². The zero-order chi connectivity index (χ0) is 23.0. The van der Waals surface area contributed by atoms with E-state index in [9.17, 15) is 19.2 Å². The lowest BCUT2D eigenvalue weighted by atomic mass is 10.1. The van der Waals surface area contributed by atoms with Gasteiger partial charge in [0.1, 0.15) is 23.9 Å². The quantitative estimate of drug-likeness (QED) is 0.286. The summed E-state index contributed by atoms with van der Waals surface area (Å²) in [6, 6.07) is 13.3. The normalized spacial score (nSPS) is 12.3. The summed E-state index contributed by atoms with van der Waals surface area (Å²) in [5.74, 6) is -1.98. The van der Waals surface area contributed by atoms with Crippen molar-refractivity contribution in [2.24, 2.45) is 0 Å². The molecule has 9 nitrogen and oxygen atoms in total. The number of aromatic nitrogens is 1. The maximum atomic E-state index is 12.9. The fourth-order valence-electron chi connectivity index (χ4n) is 3.38. The second kappa shape index (κ2) is 8.46. The number of ether oxygens (including phenoxy) is 2. The molecule has 3 N–H and O–H groups in total. The third-order valence-corrected chi connectivity index (χ3v) is 5.69. The predicted molar refractivity (Wildman–Crippen MR) is 123 cm³/mol. The van der Waals surface area contributed by atoms with Gasteiger partial charge in [0, 0.05) is 9.64 Å². The summed E-state index contributed by atoms with van der Waals surface area (Å²) in [6.45, 7) is 0.146. The second-order valence-electron chi connectivity index (χ2n) is 6.85. The molecule has 0 bridgehead atoms. The first kappa shape index (κ1) is 21.6. The smallest absolute Gasteiger partial charge is 0.338 e. The minimum absolute atomic E-state index is 0.0818. The van der Waals surface area contributed by atoms with Crippen molar-refractivity contribution in [3.8, 4) is 11.4 Å². The number of pyridine rings is 1. The summed E-state index contributed by atoms with van der Waals surface area (Å²) in [5.41, 5.74) is 6.71. The summed E-state index contributed by atoms with van der Waals surface area (Å²) in [7, 11) is 1.26. The number of benzene rings is 2. The third kappa shape index (κ3) is 3.73. The van der Waals surface area contributed by atoms with Gasteiger partial charge in [-0.2, -0.15) is 0 Å². The molecule has 4 rings (SSSR count). The number of carbonyl (C=O) groups excluding carboxylic acids is 3. The highest BCUT2D eigenvalue weighted by Gasteiger charge is 2.33. The monoisotopic (exact) mass is 545 g/mol. The van der Waals surface area contributed by atoms with Crippen molar-refractivity contribution in [2.45, 2.75) is 6.61 Å². The molecule has 32 heavy (non-hydrogen) atoms. The van der Waals surface area contributed by atoms with Crippen molar-refractivity contribution < 1.29 is 23.9 Å². The number of fused-ring (bicyclic) bond motifs is 1. The predicted octanol–water partition coefficient (Wildman–Crippen LogP) is 2.27. The van der Waals surface area contributed by atoms with Crippen LogP contribution in [0.3, 0.4) is 0 Å². The van der Waals surface area contributed by atoms with E-state index in [-0.39, 0.29) is 40.6 Å². The number of carbonyl (C=O) groups is 3. The lowest BCUT2D eigenvalue weighted by molar-refractivity contribution is 0.0599. The molecule has 0 unspecified atom stereocenters. The fourth-order valence-corrected chi connectivity index (χ4v) is 4.22. The summed E-state index contributed by atoms with van der Waals surface area (Å²) < 4.78 is 12.3. The van der Waals surface area contributed by atoms with Crippen molar-refractivity contribution in [3.63, 3.8) is 0 Å². The van der Waals surface area contributed by atoms with Gasteiger partial charge < -0.3 is 15.2 Å². The molecule has 0 radical (unpaired) electrons. The molecule has 0 saturated carbocycles. The number of nitrogen functional groups attached to an aromatic ring is 1. The molecule has 10 heteroatoms. The van der Waals surface area contributed by atoms with E-state index in [1.165, 1.54) is 19.2 Å². The molecule has 1 aromatic heterocycles. The average Bonchev–Trinajstić information content (AvgIpc) is 3.06. The van der Waals surface area contributed by atoms with Gasteiger partial charge >= 0.3 is 5.97 Å². The molecule has 0 aliphatic carbocycles. The van der Waals surface area contributed by atoms with Gasteiger partial charge in [-0.1, -0.05) is 30.3 Å². The van der Waals surface area contributed by atoms with E-state index >= 15 is 0 Å². The van der Waals surface area contributed by atoms with Crippen molar-refractivity contribution in [1.29, 1.82) is 0 Å². The van der Waals surface area contributed by atoms with Gasteiger partial charge in [0.15, 0.2) is 0 Å². The van der Waals surface area contributed by atoms with Gasteiger partial charge in [-0.15, -0.1) is 0 Å². The van der Waals surface area contributed by atoms with Crippen LogP contribution in [0.25, 0.3) is 5.69 Å². The minimum Gasteiger partial charge on any atom is -0.487 e. The van der Waals surface area contributed by atoms with Crippen LogP contribution in [0.1, 0.15) is 36.6 Å². The number of rotatable bonds is 5. The summed E-state index contributed by atoms with van der Waals surface area (Å²) in [4.78, 5) is 49.3. The summed E-state index contributed by atoms with van der Waals surface area (Å²) >= 11 is 1.94. The highest BCUT2D eigenvalue weighted by atomic mass is 127. The van der Waals surface area contributed by atoms with Crippen LogP contribution in [0.15, 0.2) is 53.3 Å². The minimum atomic E-state index is -0.691. The van der Waals surface area contributed by atoms with E-state index < -0.39 is 23.3 Å². The number of nitrogens with one attached hydrogen (secondary N) is 1. The first-order chi connectivity index (χ1) is 15.3. The lowest BCUT2D eigenvalue weighted by Crippen LogP contribution is -2.25. The average molecular weight is 545 g/mol. The van der Waals surface area contributed by atoms with Crippen LogP contribution in [-0.2, 0) is 11.3 Å². The molecule has 2 amide bonds. The van der Waals surface area contributed by atoms with E-state index in [0.29, 0.717) is 3.57 Å². The standard InChI is InChI=1S/C22H16IN3O6/c1-31-22(30)12-7-14(23)18(15(8-12)32-10-11-5-3-2-4-6-11)26-16(27)9-13-17(19(26)24)21(29)25-20(13)28/h2-9H,10,24H2,1H3,(H,25,28,29). The number of methoxy groups -OCH3 is 1. The first-order valence-corrected chi connectivity index (χ1v) is 10.4. The van der Waals surface area contributed by atoms with Crippen LogP contribution in [-0.4, -0.2) is 29.5 Å². The number of hydrogen-bond donors (Lipinski definition) is 2. The Morgan fingerprint density at radius 1 is 1.09 bits per heavy atom. The molecular weight excluding hydrogens is 529 g/mol. The van der Waals surface area contributed by atoms with Crippen LogP contribution >= 0.6 is 22.6 Å². The van der Waals surface area contributed by atoms with E-state index in [2.05, 4.69) is 5.32 Å². The van der Waals surface area contributed by atoms with Gasteiger partial charge in [-0.25, -0.2) is 4.79 Å². The molecule has 0 spiro atoms. The molecule has 1 aliphatic heterocycles. The highest BCUT2D eigenvalue weighted by Crippen LogP contribution is 2.33. The van der Waals surface area contributed by atoms with Crippen LogP contribution in [0.2, 0.25) is 0 Å². The second-order valence-corrected chi connectivity index (χ2v) is 8.01. The molecule has 2 aromatic carbocycles. The number of esters is 1. The van der Waals surface area contributed by atoms with Gasteiger partial charge in [0.05, 0.1) is 23.8 Å². The Morgan fingerprint density at radius 3 is 2.50 bits per heavy atom. The SMILES string of the molecule is COC(=O)c1cc(I)c(-n2c(N)c3c(cc2=O)C(=O)NC3=O)c(OCc2ccccc2)c1. The Bertz CT molecular complexity index is 1330. The Morgan fingerprint density at radius 2 is 1.81 bits per heavy atom. The van der Waals surface area contributed by atoms with Crippen LogP contribution in [0.5, 0.6) is 5.75 Å². The molecule has 2 heterocycles. The van der Waals surface area contributed by atoms with Crippen molar-refractivity contribution in [1.82, 2.24) is 9.88 Å². The fraction of sp³-hybridized carbons (Fsp3) is 0.0909. The Labute approximate surface area is 195 Å². The molecule has 3 aromatic rings. The topological polar surface area (TPSA) is 130 Å².